The monoisotopic (exact) mass is 370 g/mol. The van der Waals surface area contributed by atoms with Crippen LogP contribution in [0.2, 0.25) is 0 Å². The number of benzene rings is 2. The van der Waals surface area contributed by atoms with Crippen LogP contribution < -0.4 is 24.4 Å². The Morgan fingerprint density at radius 2 is 1.78 bits per heavy atom. The number of rotatable bonds is 7. The Morgan fingerprint density at radius 3 is 2.44 bits per heavy atom. The highest BCUT2D eigenvalue weighted by Crippen LogP contribution is 2.39. The second-order valence-corrected chi connectivity index (χ2v) is 6.53. The number of hydrogen-bond acceptors (Lipinski definition) is 5. The highest BCUT2D eigenvalue weighted by atomic mass is 16.5. The molecule has 1 atom stereocenters. The summed E-state index contributed by atoms with van der Waals surface area (Å²) in [6.07, 6.45) is 1.05. The molecule has 0 radical (unpaired) electrons. The second-order valence-electron chi connectivity index (χ2n) is 6.53. The molecule has 0 spiro atoms. The Morgan fingerprint density at radius 1 is 1.04 bits per heavy atom. The van der Waals surface area contributed by atoms with Crippen LogP contribution in [0.5, 0.6) is 17.2 Å². The molecule has 3 rings (SSSR count). The fourth-order valence-electron chi connectivity index (χ4n) is 3.48. The molecule has 144 valence electrons. The highest BCUT2D eigenvalue weighted by Gasteiger charge is 2.25. The summed E-state index contributed by atoms with van der Waals surface area (Å²) in [5, 5.41) is 3.03. The Hall–Kier alpha value is -2.89. The minimum absolute atomic E-state index is 0.175. The predicted octanol–water partition coefficient (Wildman–Crippen LogP) is 2.97. The molecule has 6 heteroatoms. The molecule has 2 aromatic carbocycles. The largest absolute Gasteiger partial charge is 0.493 e. The molecule has 27 heavy (non-hydrogen) atoms. The van der Waals surface area contributed by atoms with E-state index in [2.05, 4.69) is 22.3 Å². The number of carbonyl (C=O) groups is 1. The predicted molar refractivity (Wildman–Crippen MR) is 105 cm³/mol. The molecule has 1 heterocycles. The molecule has 6 nitrogen and oxygen atoms in total. The lowest BCUT2D eigenvalue weighted by molar-refractivity contribution is 0.0944. The van der Waals surface area contributed by atoms with Gasteiger partial charge in [-0.15, -0.1) is 0 Å². The summed E-state index contributed by atoms with van der Waals surface area (Å²) in [6, 6.07) is 13.8. The number of ether oxygens (including phenoxy) is 3. The van der Waals surface area contributed by atoms with E-state index in [-0.39, 0.29) is 5.91 Å². The maximum absolute atomic E-state index is 12.7. The summed E-state index contributed by atoms with van der Waals surface area (Å²) in [5.74, 6) is 1.57. The zero-order valence-electron chi connectivity index (χ0n) is 16.0. The van der Waals surface area contributed by atoms with Gasteiger partial charge < -0.3 is 24.4 Å². The second kappa shape index (κ2) is 8.66. The molecule has 1 aliphatic rings. The fourth-order valence-corrected chi connectivity index (χ4v) is 3.48. The number of nitrogens with one attached hydrogen (secondary N) is 1. The van der Waals surface area contributed by atoms with Crippen LogP contribution in [0, 0.1) is 5.92 Å². The lowest BCUT2D eigenvalue weighted by Crippen LogP contribution is -2.31. The first-order valence-electron chi connectivity index (χ1n) is 9.05. The molecule has 0 aliphatic carbocycles. The van der Waals surface area contributed by atoms with Crippen molar-refractivity contribution in [2.45, 2.75) is 6.42 Å². The number of methoxy groups -OCH3 is 3. The summed E-state index contributed by atoms with van der Waals surface area (Å²) >= 11 is 0. The van der Waals surface area contributed by atoms with Crippen LogP contribution in [0.4, 0.5) is 5.69 Å². The standard InChI is InChI=1S/C21H26N2O4/c1-25-18-10-9-17(19(26-2)20(18)27-3)21(24)22-13-15-11-12-23(14-15)16-7-5-4-6-8-16/h4-10,15H,11-14H2,1-3H3,(H,22,24). The number of anilines is 1. The summed E-state index contributed by atoms with van der Waals surface area (Å²) in [5.41, 5.74) is 1.67. The van der Waals surface area contributed by atoms with E-state index in [0.29, 0.717) is 35.3 Å². The SMILES string of the molecule is COc1ccc(C(=O)NCC2CCN(c3ccccc3)C2)c(OC)c1OC. The Bertz CT molecular complexity index is 779. The lowest BCUT2D eigenvalue weighted by atomic mass is 10.1. The van der Waals surface area contributed by atoms with Gasteiger partial charge in [-0.1, -0.05) is 18.2 Å². The van der Waals surface area contributed by atoms with Crippen molar-refractivity contribution in [2.24, 2.45) is 5.92 Å². The molecule has 1 aliphatic heterocycles. The van der Waals surface area contributed by atoms with Gasteiger partial charge in [0.2, 0.25) is 5.75 Å². The molecular weight excluding hydrogens is 344 g/mol. The zero-order valence-corrected chi connectivity index (χ0v) is 16.0. The first-order valence-corrected chi connectivity index (χ1v) is 9.05. The normalized spacial score (nSPS) is 16.1. The molecule has 0 aromatic heterocycles. The van der Waals surface area contributed by atoms with Crippen molar-refractivity contribution >= 4 is 11.6 Å². The first kappa shape index (κ1) is 18.9. The van der Waals surface area contributed by atoms with Crippen molar-refractivity contribution in [1.29, 1.82) is 0 Å². The molecule has 2 aromatic rings. The third kappa shape index (κ3) is 4.10. The van der Waals surface area contributed by atoms with Gasteiger partial charge in [0.05, 0.1) is 26.9 Å². The minimum Gasteiger partial charge on any atom is -0.493 e. The van der Waals surface area contributed by atoms with Crippen LogP contribution >= 0.6 is 0 Å². The van der Waals surface area contributed by atoms with Gasteiger partial charge in [-0.2, -0.15) is 0 Å². The third-order valence-corrected chi connectivity index (χ3v) is 4.91. The third-order valence-electron chi connectivity index (χ3n) is 4.91. The van der Waals surface area contributed by atoms with E-state index in [1.807, 2.05) is 18.2 Å². The van der Waals surface area contributed by atoms with Gasteiger partial charge in [0.25, 0.3) is 5.91 Å². The molecule has 1 unspecified atom stereocenters. The number of carbonyl (C=O) groups excluding carboxylic acids is 1. The molecule has 1 saturated heterocycles. The average molecular weight is 370 g/mol. The molecule has 1 fully saturated rings. The van der Waals surface area contributed by atoms with Crippen LogP contribution in [0.3, 0.4) is 0 Å². The van der Waals surface area contributed by atoms with Crippen molar-refractivity contribution in [2.75, 3.05) is 45.9 Å². The number of hydrogen-bond donors (Lipinski definition) is 1. The zero-order chi connectivity index (χ0) is 19.2. The Balaban J connectivity index is 1.63. The van der Waals surface area contributed by atoms with Crippen LogP contribution in [0.15, 0.2) is 42.5 Å². The van der Waals surface area contributed by atoms with Gasteiger partial charge in [0.1, 0.15) is 0 Å². The maximum atomic E-state index is 12.7. The van der Waals surface area contributed by atoms with E-state index in [1.165, 1.54) is 19.9 Å². The number of para-hydroxylation sites is 1. The van der Waals surface area contributed by atoms with Crippen molar-refractivity contribution in [3.05, 3.63) is 48.0 Å². The van der Waals surface area contributed by atoms with E-state index >= 15 is 0 Å². The summed E-state index contributed by atoms with van der Waals surface area (Å²) in [7, 11) is 4.59. The average Bonchev–Trinajstić information content (AvgIpc) is 3.20. The number of amides is 1. The van der Waals surface area contributed by atoms with Gasteiger partial charge in [-0.25, -0.2) is 0 Å². The summed E-state index contributed by atoms with van der Waals surface area (Å²) < 4.78 is 16.0. The number of nitrogens with zero attached hydrogens (tertiary/aromatic N) is 1. The molecule has 0 saturated carbocycles. The molecule has 1 N–H and O–H groups in total. The topological polar surface area (TPSA) is 60.0 Å². The molecular formula is C21H26N2O4. The highest BCUT2D eigenvalue weighted by molar-refractivity contribution is 5.98. The van der Waals surface area contributed by atoms with Crippen LogP contribution in [0.1, 0.15) is 16.8 Å². The van der Waals surface area contributed by atoms with Crippen molar-refractivity contribution in [3.8, 4) is 17.2 Å². The van der Waals surface area contributed by atoms with Crippen molar-refractivity contribution in [1.82, 2.24) is 5.32 Å². The first-order chi connectivity index (χ1) is 13.2. The molecule has 1 amide bonds. The van der Waals surface area contributed by atoms with Crippen molar-refractivity contribution in [3.63, 3.8) is 0 Å². The summed E-state index contributed by atoms with van der Waals surface area (Å²) in [4.78, 5) is 15.1. The van der Waals surface area contributed by atoms with Gasteiger partial charge >= 0.3 is 0 Å². The Labute approximate surface area is 160 Å². The van der Waals surface area contributed by atoms with E-state index in [1.54, 1.807) is 19.2 Å². The van der Waals surface area contributed by atoms with Crippen LogP contribution in [-0.2, 0) is 0 Å². The van der Waals surface area contributed by atoms with E-state index < -0.39 is 0 Å². The van der Waals surface area contributed by atoms with Crippen molar-refractivity contribution < 1.29 is 19.0 Å². The minimum atomic E-state index is -0.175. The van der Waals surface area contributed by atoms with Gasteiger partial charge in [-0.05, 0) is 36.6 Å². The fraction of sp³-hybridized carbons (Fsp3) is 0.381. The van der Waals surface area contributed by atoms with E-state index in [0.717, 1.165) is 19.5 Å². The quantitative estimate of drug-likeness (QED) is 0.812. The van der Waals surface area contributed by atoms with Gasteiger partial charge in [-0.3, -0.25) is 4.79 Å². The van der Waals surface area contributed by atoms with Gasteiger partial charge in [0, 0.05) is 25.3 Å². The maximum Gasteiger partial charge on any atom is 0.255 e. The van der Waals surface area contributed by atoms with Crippen LogP contribution in [-0.4, -0.2) is 46.9 Å². The molecule has 0 bridgehead atoms. The smallest absolute Gasteiger partial charge is 0.255 e. The lowest BCUT2D eigenvalue weighted by Gasteiger charge is -2.19. The Kier molecular flexibility index (Phi) is 6.06. The summed E-state index contributed by atoms with van der Waals surface area (Å²) in [6.45, 7) is 2.57. The van der Waals surface area contributed by atoms with E-state index in [9.17, 15) is 4.79 Å². The van der Waals surface area contributed by atoms with Crippen LogP contribution in [0.25, 0.3) is 0 Å². The van der Waals surface area contributed by atoms with E-state index in [4.69, 9.17) is 14.2 Å². The van der Waals surface area contributed by atoms with Gasteiger partial charge in [0.15, 0.2) is 11.5 Å².